The Labute approximate surface area is 177 Å². The van der Waals surface area contributed by atoms with Crippen LogP contribution in [-0.2, 0) is 0 Å². The highest BCUT2D eigenvalue weighted by Crippen LogP contribution is 2.21. The van der Waals surface area contributed by atoms with Gasteiger partial charge in [-0.25, -0.2) is 14.1 Å². The van der Waals surface area contributed by atoms with Crippen LogP contribution in [0, 0.1) is 5.82 Å². The first-order valence-corrected chi connectivity index (χ1v) is 9.36. The van der Waals surface area contributed by atoms with Gasteiger partial charge in [0.05, 0.1) is 17.1 Å². The van der Waals surface area contributed by atoms with Crippen molar-refractivity contribution in [1.29, 1.82) is 0 Å². The summed E-state index contributed by atoms with van der Waals surface area (Å²) in [6, 6.07) is 18.5. The van der Waals surface area contributed by atoms with Gasteiger partial charge in [0.1, 0.15) is 11.5 Å². The third-order valence-electron chi connectivity index (χ3n) is 4.37. The molecule has 0 aliphatic rings. The molecule has 0 aliphatic heterocycles. The summed E-state index contributed by atoms with van der Waals surface area (Å²) in [5.74, 6) is -0.527. The Morgan fingerprint density at radius 3 is 2.61 bits per heavy atom. The topological polar surface area (TPSA) is 99.1 Å². The molecule has 0 fully saturated rings. The van der Waals surface area contributed by atoms with E-state index in [2.05, 4.69) is 20.3 Å². The highest BCUT2D eigenvalue weighted by atomic mass is 19.1. The minimum atomic E-state index is -0.527. The fraction of sp³-hybridized carbons (Fsp3) is 0. The Balaban J connectivity index is 1.77. The maximum Gasteiger partial charge on any atom is 0.209 e. The molecule has 7 nitrogen and oxygen atoms in total. The van der Waals surface area contributed by atoms with E-state index in [-0.39, 0.29) is 22.5 Å². The normalized spacial score (nSPS) is 11.7. The van der Waals surface area contributed by atoms with Crippen molar-refractivity contribution < 1.29 is 4.39 Å². The van der Waals surface area contributed by atoms with Gasteiger partial charge in [-0.1, -0.05) is 24.3 Å². The largest absolute Gasteiger partial charge is 0.405 e. The van der Waals surface area contributed by atoms with Gasteiger partial charge in [0.15, 0.2) is 5.69 Å². The van der Waals surface area contributed by atoms with Gasteiger partial charge in [-0.3, -0.25) is 4.79 Å². The van der Waals surface area contributed by atoms with Crippen molar-refractivity contribution in [2.24, 2.45) is 10.7 Å². The summed E-state index contributed by atoms with van der Waals surface area (Å²) in [6.45, 7) is 0. The van der Waals surface area contributed by atoms with E-state index in [0.717, 1.165) is 0 Å². The first-order chi connectivity index (χ1) is 15.2. The minimum Gasteiger partial charge on any atom is -0.405 e. The quantitative estimate of drug-likeness (QED) is 0.507. The van der Waals surface area contributed by atoms with Crippen molar-refractivity contribution in [2.45, 2.75) is 0 Å². The predicted octanol–water partition coefficient (Wildman–Crippen LogP) is 3.42. The van der Waals surface area contributed by atoms with Crippen molar-refractivity contribution in [3.05, 3.63) is 113 Å². The number of nitrogens with zero attached hydrogens (tertiary/aromatic N) is 5. The van der Waals surface area contributed by atoms with Crippen LogP contribution in [0.2, 0.25) is 0 Å². The van der Waals surface area contributed by atoms with E-state index < -0.39 is 5.82 Å². The molecule has 2 heterocycles. The molecule has 0 radical (unpaired) electrons. The van der Waals surface area contributed by atoms with E-state index >= 15 is 0 Å². The molecule has 8 heteroatoms. The number of halogens is 1. The summed E-state index contributed by atoms with van der Waals surface area (Å²) < 4.78 is 16.2. The van der Waals surface area contributed by atoms with Gasteiger partial charge in [-0.05, 0) is 48.7 Å². The number of nitrogens with two attached hydrogens (primary N) is 1. The van der Waals surface area contributed by atoms with Crippen molar-refractivity contribution >= 4 is 11.4 Å². The highest BCUT2D eigenvalue weighted by Gasteiger charge is 2.13. The van der Waals surface area contributed by atoms with Gasteiger partial charge < -0.3 is 5.73 Å². The molecular weight excluding hydrogens is 395 g/mol. The van der Waals surface area contributed by atoms with Gasteiger partial charge in [0, 0.05) is 24.0 Å². The number of aliphatic imine (C=N–C) groups is 1. The van der Waals surface area contributed by atoms with E-state index in [4.69, 9.17) is 5.73 Å². The fourth-order valence-electron chi connectivity index (χ4n) is 2.93. The molecule has 0 bridgehead atoms. The molecule has 4 aromatic rings. The van der Waals surface area contributed by atoms with Gasteiger partial charge in [-0.15, -0.1) is 0 Å². The van der Waals surface area contributed by atoms with Crippen LogP contribution in [0.15, 0.2) is 101 Å². The molecule has 2 aromatic carbocycles. The molecule has 0 aliphatic carbocycles. The first-order valence-electron chi connectivity index (χ1n) is 9.36. The van der Waals surface area contributed by atoms with E-state index in [9.17, 15) is 9.18 Å². The summed E-state index contributed by atoms with van der Waals surface area (Å²) in [4.78, 5) is 16.9. The SMILES string of the molecule is NC=CC(=Nc1ccccc1)c1nn(-c2ccc(-c3cccnn3)cc2F)ccc1=O. The van der Waals surface area contributed by atoms with Gasteiger partial charge in [0.25, 0.3) is 0 Å². The fourth-order valence-corrected chi connectivity index (χ4v) is 2.93. The number of para-hydroxylation sites is 1. The monoisotopic (exact) mass is 412 g/mol. The van der Waals surface area contributed by atoms with Crippen LogP contribution in [0.4, 0.5) is 10.1 Å². The third kappa shape index (κ3) is 4.43. The van der Waals surface area contributed by atoms with Gasteiger partial charge in [0.2, 0.25) is 5.43 Å². The summed E-state index contributed by atoms with van der Waals surface area (Å²) >= 11 is 0. The van der Waals surface area contributed by atoms with E-state index in [1.807, 2.05) is 18.2 Å². The highest BCUT2D eigenvalue weighted by molar-refractivity contribution is 6.08. The number of hydrogen-bond acceptors (Lipinski definition) is 6. The standard InChI is InChI=1S/C23H17FN6O/c24-18-15-16(19-7-4-13-26-28-19)8-9-21(18)30-14-11-22(31)23(29-30)20(10-12-25)27-17-5-2-1-3-6-17/h1-15H,25H2. The summed E-state index contributed by atoms with van der Waals surface area (Å²) in [5.41, 5.74) is 7.43. The van der Waals surface area contributed by atoms with Crippen LogP contribution in [0.25, 0.3) is 16.9 Å². The number of benzene rings is 2. The molecule has 0 unspecified atom stereocenters. The van der Waals surface area contributed by atoms with Crippen molar-refractivity contribution in [1.82, 2.24) is 20.0 Å². The Hall–Kier alpha value is -4.46. The zero-order valence-corrected chi connectivity index (χ0v) is 16.3. The van der Waals surface area contributed by atoms with Crippen molar-refractivity contribution in [3.8, 4) is 16.9 Å². The zero-order chi connectivity index (χ0) is 21.6. The van der Waals surface area contributed by atoms with E-state index in [1.165, 1.54) is 35.3 Å². The molecule has 2 N–H and O–H groups in total. The second-order valence-corrected chi connectivity index (χ2v) is 6.44. The van der Waals surface area contributed by atoms with E-state index in [1.54, 1.807) is 42.6 Å². The Morgan fingerprint density at radius 1 is 1.06 bits per heavy atom. The van der Waals surface area contributed by atoms with Crippen LogP contribution in [-0.4, -0.2) is 25.7 Å². The number of hydrogen-bond donors (Lipinski definition) is 1. The number of rotatable bonds is 5. The maximum atomic E-state index is 14.9. The van der Waals surface area contributed by atoms with Crippen molar-refractivity contribution in [2.75, 3.05) is 0 Å². The summed E-state index contributed by atoms with van der Waals surface area (Å²) in [6.07, 6.45) is 5.70. The Morgan fingerprint density at radius 2 is 1.90 bits per heavy atom. The van der Waals surface area contributed by atoms with Crippen molar-refractivity contribution in [3.63, 3.8) is 0 Å². The molecule has 0 atom stereocenters. The van der Waals surface area contributed by atoms with Crippen LogP contribution in [0.1, 0.15) is 5.69 Å². The lowest BCUT2D eigenvalue weighted by atomic mass is 10.1. The molecule has 0 amide bonds. The van der Waals surface area contributed by atoms with Gasteiger partial charge in [-0.2, -0.15) is 15.3 Å². The first kappa shape index (κ1) is 19.8. The molecule has 0 saturated heterocycles. The summed E-state index contributed by atoms with van der Waals surface area (Å²) in [5, 5.41) is 12.1. The maximum absolute atomic E-state index is 14.9. The molecule has 0 spiro atoms. The number of aromatic nitrogens is 4. The average molecular weight is 412 g/mol. The second-order valence-electron chi connectivity index (χ2n) is 6.44. The molecule has 4 rings (SSSR count). The lowest BCUT2D eigenvalue weighted by molar-refractivity contribution is 0.608. The average Bonchev–Trinajstić information content (AvgIpc) is 2.80. The van der Waals surface area contributed by atoms with Crippen LogP contribution < -0.4 is 11.2 Å². The predicted molar refractivity (Wildman–Crippen MR) is 117 cm³/mol. The molecule has 0 saturated carbocycles. The molecule has 31 heavy (non-hydrogen) atoms. The Bertz CT molecular complexity index is 1320. The van der Waals surface area contributed by atoms with Crippen LogP contribution >= 0.6 is 0 Å². The molecule has 152 valence electrons. The Kier molecular flexibility index (Phi) is 5.70. The van der Waals surface area contributed by atoms with Crippen LogP contribution in [0.3, 0.4) is 0 Å². The minimum absolute atomic E-state index is 0.0467. The van der Waals surface area contributed by atoms with E-state index in [0.29, 0.717) is 16.9 Å². The molecular formula is C23H17FN6O. The lowest BCUT2D eigenvalue weighted by Crippen LogP contribution is -2.20. The molecule has 2 aromatic heterocycles. The van der Waals surface area contributed by atoms with Crippen LogP contribution in [0.5, 0.6) is 0 Å². The zero-order valence-electron chi connectivity index (χ0n) is 16.3. The number of allylic oxidation sites excluding steroid dienone is 1. The summed E-state index contributed by atoms with van der Waals surface area (Å²) in [7, 11) is 0. The van der Waals surface area contributed by atoms with Gasteiger partial charge >= 0.3 is 0 Å². The smallest absolute Gasteiger partial charge is 0.209 e. The lowest BCUT2D eigenvalue weighted by Gasteiger charge is -2.10. The second kappa shape index (κ2) is 8.91. The third-order valence-corrected chi connectivity index (χ3v) is 4.37.